The minimum Gasteiger partial charge on any atom is -0.504 e. The lowest BCUT2D eigenvalue weighted by molar-refractivity contribution is -0.119. The van der Waals surface area contributed by atoms with Crippen molar-refractivity contribution in [3.05, 3.63) is 42.0 Å². The molecule has 0 saturated heterocycles. The first-order chi connectivity index (χ1) is 14.0. The van der Waals surface area contributed by atoms with Crippen LogP contribution in [0.3, 0.4) is 0 Å². The van der Waals surface area contributed by atoms with Crippen LogP contribution in [0.15, 0.2) is 36.4 Å². The summed E-state index contributed by atoms with van der Waals surface area (Å²) >= 11 is 0. The summed E-state index contributed by atoms with van der Waals surface area (Å²) in [7, 11) is 1.37. The molecular formula is C21H21NO7. The van der Waals surface area contributed by atoms with E-state index in [1.165, 1.54) is 19.2 Å². The number of carbonyl (C=O) groups excluding carboxylic acids is 2. The molecule has 4 rings (SSSR count). The number of methoxy groups -OCH3 is 1. The van der Waals surface area contributed by atoms with Gasteiger partial charge in [-0.05, 0) is 37.1 Å². The summed E-state index contributed by atoms with van der Waals surface area (Å²) in [5.74, 6) is -0.867. The van der Waals surface area contributed by atoms with E-state index >= 15 is 0 Å². The zero-order valence-corrected chi connectivity index (χ0v) is 15.9. The minimum atomic E-state index is -0.828. The molecule has 0 atom stereocenters. The van der Waals surface area contributed by atoms with Gasteiger partial charge in [-0.1, -0.05) is 6.07 Å². The summed E-state index contributed by atoms with van der Waals surface area (Å²) in [5, 5.41) is 12.6. The Bertz CT molecular complexity index is 950. The number of hydrogen-bond acceptors (Lipinski definition) is 7. The normalized spacial score (nSPS) is 15.9. The van der Waals surface area contributed by atoms with Gasteiger partial charge in [0.2, 0.25) is 0 Å². The quantitative estimate of drug-likeness (QED) is 0.744. The van der Waals surface area contributed by atoms with E-state index in [2.05, 4.69) is 5.32 Å². The first-order valence-corrected chi connectivity index (χ1v) is 9.35. The standard InChI is InChI=1S/C21H21NO7/c1-26-16-6-4-5-14(19(16)24)20(25)27-12-18(23)22-13-7-8-15-17(11-13)29-21(28-15)9-2-3-10-21/h4-8,11,24H,2-3,9-10,12H2,1H3,(H,22,23). The Morgan fingerprint density at radius 3 is 2.66 bits per heavy atom. The summed E-state index contributed by atoms with van der Waals surface area (Å²) in [6.07, 6.45) is 3.81. The van der Waals surface area contributed by atoms with E-state index in [1.54, 1.807) is 24.3 Å². The highest BCUT2D eigenvalue weighted by atomic mass is 16.7. The van der Waals surface area contributed by atoms with E-state index in [0.717, 1.165) is 25.7 Å². The van der Waals surface area contributed by atoms with Gasteiger partial charge in [-0.25, -0.2) is 4.79 Å². The number of para-hydroxylation sites is 1. The van der Waals surface area contributed by atoms with Crippen LogP contribution in [0.1, 0.15) is 36.0 Å². The molecule has 1 spiro atoms. The van der Waals surface area contributed by atoms with Gasteiger partial charge in [0, 0.05) is 24.6 Å². The van der Waals surface area contributed by atoms with Gasteiger partial charge in [-0.15, -0.1) is 0 Å². The molecule has 2 N–H and O–H groups in total. The van der Waals surface area contributed by atoms with Gasteiger partial charge >= 0.3 is 5.97 Å². The maximum atomic E-state index is 12.2. The summed E-state index contributed by atoms with van der Waals surface area (Å²) in [6.45, 7) is -0.506. The van der Waals surface area contributed by atoms with Crippen molar-refractivity contribution in [1.82, 2.24) is 0 Å². The molecule has 2 aromatic carbocycles. The van der Waals surface area contributed by atoms with Gasteiger partial charge in [0.15, 0.2) is 29.6 Å². The molecule has 0 radical (unpaired) electrons. The van der Waals surface area contributed by atoms with Crippen LogP contribution in [0.5, 0.6) is 23.0 Å². The average molecular weight is 399 g/mol. The first kappa shape index (κ1) is 18.9. The van der Waals surface area contributed by atoms with Crippen LogP contribution in [0.4, 0.5) is 5.69 Å². The largest absolute Gasteiger partial charge is 0.504 e. The maximum Gasteiger partial charge on any atom is 0.342 e. The Morgan fingerprint density at radius 2 is 1.90 bits per heavy atom. The molecule has 1 saturated carbocycles. The molecular weight excluding hydrogens is 378 g/mol. The number of esters is 1. The number of phenolic OH excluding ortho intramolecular Hbond substituents is 1. The summed E-state index contributed by atoms with van der Waals surface area (Å²) in [4.78, 5) is 24.3. The zero-order chi connectivity index (χ0) is 20.4. The molecule has 1 aliphatic carbocycles. The van der Waals surface area contributed by atoms with Crippen LogP contribution in [0.25, 0.3) is 0 Å². The lowest BCUT2D eigenvalue weighted by atomic mass is 10.2. The molecule has 0 aromatic heterocycles. The third kappa shape index (κ3) is 3.78. The van der Waals surface area contributed by atoms with Crippen molar-refractivity contribution in [2.75, 3.05) is 19.0 Å². The van der Waals surface area contributed by atoms with Gasteiger partial charge in [0.05, 0.1) is 7.11 Å². The number of ether oxygens (including phenoxy) is 4. The lowest BCUT2D eigenvalue weighted by Crippen LogP contribution is -2.34. The van der Waals surface area contributed by atoms with Gasteiger partial charge in [0.1, 0.15) is 5.56 Å². The van der Waals surface area contributed by atoms with Crippen molar-refractivity contribution < 1.29 is 33.6 Å². The number of anilines is 1. The predicted molar refractivity (Wildman–Crippen MR) is 102 cm³/mol. The van der Waals surface area contributed by atoms with Crippen LogP contribution in [0, 0.1) is 0 Å². The number of hydrogen-bond donors (Lipinski definition) is 2. The van der Waals surface area contributed by atoms with Crippen molar-refractivity contribution in [2.24, 2.45) is 0 Å². The second-order valence-corrected chi connectivity index (χ2v) is 6.96. The van der Waals surface area contributed by atoms with E-state index < -0.39 is 24.3 Å². The highest BCUT2D eigenvalue weighted by Gasteiger charge is 2.44. The molecule has 2 aliphatic rings. The first-order valence-electron chi connectivity index (χ1n) is 9.35. The van der Waals surface area contributed by atoms with Crippen molar-refractivity contribution in [2.45, 2.75) is 31.5 Å². The Labute approximate surface area is 167 Å². The number of aromatic hydroxyl groups is 1. The van der Waals surface area contributed by atoms with Crippen LogP contribution in [0.2, 0.25) is 0 Å². The number of amides is 1. The van der Waals surface area contributed by atoms with Gasteiger partial charge < -0.3 is 29.4 Å². The van der Waals surface area contributed by atoms with Gasteiger partial charge in [-0.3, -0.25) is 4.79 Å². The molecule has 2 aromatic rings. The van der Waals surface area contributed by atoms with E-state index in [9.17, 15) is 14.7 Å². The molecule has 29 heavy (non-hydrogen) atoms. The third-order valence-electron chi connectivity index (χ3n) is 4.96. The van der Waals surface area contributed by atoms with Crippen LogP contribution < -0.4 is 19.5 Å². The topological polar surface area (TPSA) is 103 Å². The number of phenols is 1. The fraction of sp³-hybridized carbons (Fsp3) is 0.333. The number of benzene rings is 2. The van der Waals surface area contributed by atoms with Crippen molar-refractivity contribution >= 4 is 17.6 Å². The molecule has 0 unspecified atom stereocenters. The summed E-state index contributed by atoms with van der Waals surface area (Å²) in [6, 6.07) is 9.57. The molecule has 1 aliphatic heterocycles. The molecule has 8 heteroatoms. The monoisotopic (exact) mass is 399 g/mol. The molecule has 0 bridgehead atoms. The van der Waals surface area contributed by atoms with Gasteiger partial charge in [-0.2, -0.15) is 0 Å². The molecule has 8 nitrogen and oxygen atoms in total. The number of rotatable bonds is 5. The number of fused-ring (bicyclic) bond motifs is 1. The number of carbonyl (C=O) groups is 2. The van der Waals surface area contributed by atoms with E-state index in [1.807, 2.05) is 0 Å². The Kier molecular flexibility index (Phi) is 4.92. The zero-order valence-electron chi connectivity index (χ0n) is 15.9. The summed E-state index contributed by atoms with van der Waals surface area (Å²) < 4.78 is 21.8. The lowest BCUT2D eigenvalue weighted by Gasteiger charge is -2.21. The van der Waals surface area contributed by atoms with E-state index in [4.69, 9.17) is 18.9 Å². The van der Waals surface area contributed by atoms with Crippen molar-refractivity contribution in [1.29, 1.82) is 0 Å². The molecule has 1 fully saturated rings. The third-order valence-corrected chi connectivity index (χ3v) is 4.96. The minimum absolute atomic E-state index is 0.0814. The van der Waals surface area contributed by atoms with Crippen molar-refractivity contribution in [3.8, 4) is 23.0 Å². The molecule has 152 valence electrons. The SMILES string of the molecule is COc1cccc(C(=O)OCC(=O)Nc2ccc3c(c2)OC2(CCCC2)O3)c1O. The highest BCUT2D eigenvalue weighted by Crippen LogP contribution is 2.47. The maximum absolute atomic E-state index is 12.2. The second-order valence-electron chi connectivity index (χ2n) is 6.96. The highest BCUT2D eigenvalue weighted by molar-refractivity contribution is 5.97. The Balaban J connectivity index is 1.35. The average Bonchev–Trinajstić information content (AvgIpc) is 3.31. The number of nitrogens with one attached hydrogen (secondary N) is 1. The van der Waals surface area contributed by atoms with Crippen LogP contribution in [-0.2, 0) is 9.53 Å². The summed E-state index contributed by atoms with van der Waals surface area (Å²) in [5.41, 5.74) is 0.426. The van der Waals surface area contributed by atoms with Gasteiger partial charge in [0.25, 0.3) is 11.7 Å². The van der Waals surface area contributed by atoms with E-state index in [-0.39, 0.29) is 17.1 Å². The van der Waals surface area contributed by atoms with Crippen LogP contribution in [-0.4, -0.2) is 36.5 Å². The van der Waals surface area contributed by atoms with Crippen molar-refractivity contribution in [3.63, 3.8) is 0 Å². The molecule has 1 amide bonds. The van der Waals surface area contributed by atoms with Crippen LogP contribution >= 0.6 is 0 Å². The Morgan fingerprint density at radius 1 is 1.14 bits per heavy atom. The Hall–Kier alpha value is -3.42. The fourth-order valence-electron chi connectivity index (χ4n) is 3.55. The second kappa shape index (κ2) is 7.54. The smallest absolute Gasteiger partial charge is 0.342 e. The fourth-order valence-corrected chi connectivity index (χ4v) is 3.55. The predicted octanol–water partition coefficient (Wildman–Crippen LogP) is 3.24. The van der Waals surface area contributed by atoms with E-state index in [0.29, 0.717) is 17.2 Å². The molecule has 1 heterocycles.